The van der Waals surface area contributed by atoms with Gasteiger partial charge in [-0.2, -0.15) is 0 Å². The van der Waals surface area contributed by atoms with Gasteiger partial charge in [0, 0.05) is 31.1 Å². The van der Waals surface area contributed by atoms with Crippen molar-refractivity contribution in [2.24, 2.45) is 0 Å². The Hall–Kier alpha value is -1.26. The first-order valence-corrected chi connectivity index (χ1v) is 8.30. The number of carbonyl (C=O) groups excluding carboxylic acids is 2. The zero-order valence-corrected chi connectivity index (χ0v) is 14.1. The van der Waals surface area contributed by atoms with Gasteiger partial charge in [-0.3, -0.25) is 9.59 Å². The minimum atomic E-state index is -0.156. The van der Waals surface area contributed by atoms with E-state index in [1.807, 2.05) is 11.8 Å². The number of carbonyl (C=O) groups is 2. The molecule has 2 rings (SSSR count). The van der Waals surface area contributed by atoms with Crippen LogP contribution in [-0.2, 0) is 4.79 Å². The van der Waals surface area contributed by atoms with Gasteiger partial charge in [-0.25, -0.2) is 0 Å². The van der Waals surface area contributed by atoms with E-state index in [2.05, 4.69) is 5.32 Å². The zero-order valence-electron chi connectivity index (χ0n) is 12.6. The third-order valence-corrected chi connectivity index (χ3v) is 4.57. The topological polar surface area (TPSA) is 49.4 Å². The summed E-state index contributed by atoms with van der Waals surface area (Å²) < 4.78 is 0. The Bertz CT molecular complexity index is 555. The van der Waals surface area contributed by atoms with Crippen LogP contribution >= 0.6 is 23.2 Å². The highest BCUT2D eigenvalue weighted by Gasteiger charge is 2.23. The van der Waals surface area contributed by atoms with Gasteiger partial charge in [0.1, 0.15) is 0 Å². The summed E-state index contributed by atoms with van der Waals surface area (Å²) >= 11 is 11.8. The number of nitrogens with zero attached hydrogens (tertiary/aromatic N) is 1. The molecule has 0 bridgehead atoms. The van der Waals surface area contributed by atoms with E-state index >= 15 is 0 Å². The molecule has 1 saturated heterocycles. The Balaban J connectivity index is 1.86. The maximum atomic E-state index is 12.2. The highest BCUT2D eigenvalue weighted by atomic mass is 35.5. The Labute approximate surface area is 140 Å². The molecule has 1 aromatic carbocycles. The van der Waals surface area contributed by atoms with Gasteiger partial charge in [0.15, 0.2) is 0 Å². The van der Waals surface area contributed by atoms with Gasteiger partial charge in [0.05, 0.1) is 10.0 Å². The van der Waals surface area contributed by atoms with Crippen molar-refractivity contribution in [2.45, 2.75) is 38.6 Å². The van der Waals surface area contributed by atoms with Crippen LogP contribution in [0.4, 0.5) is 0 Å². The number of halogens is 2. The number of rotatable bonds is 4. The highest BCUT2D eigenvalue weighted by molar-refractivity contribution is 6.42. The Morgan fingerprint density at radius 1 is 1.23 bits per heavy atom. The molecule has 0 saturated carbocycles. The average molecular weight is 343 g/mol. The van der Waals surface area contributed by atoms with Gasteiger partial charge in [-0.05, 0) is 37.5 Å². The van der Waals surface area contributed by atoms with Gasteiger partial charge in [0.2, 0.25) is 5.91 Å². The maximum Gasteiger partial charge on any atom is 0.251 e. The van der Waals surface area contributed by atoms with Crippen LogP contribution in [-0.4, -0.2) is 35.8 Å². The van der Waals surface area contributed by atoms with Crippen molar-refractivity contribution in [1.82, 2.24) is 10.2 Å². The third-order valence-electron chi connectivity index (χ3n) is 3.83. The second-order valence-corrected chi connectivity index (χ2v) is 6.32. The van der Waals surface area contributed by atoms with Crippen LogP contribution in [0.1, 0.15) is 43.0 Å². The Kier molecular flexibility index (Phi) is 6.09. The van der Waals surface area contributed by atoms with Gasteiger partial charge in [-0.1, -0.05) is 30.1 Å². The Morgan fingerprint density at radius 2 is 1.91 bits per heavy atom. The molecule has 1 N–H and O–H groups in total. The lowest BCUT2D eigenvalue weighted by molar-refractivity contribution is -0.132. The SMILES string of the molecule is CCCC(=O)N1CCC(NC(=O)c2ccc(Cl)c(Cl)c2)CC1. The van der Waals surface area contributed by atoms with Crippen molar-refractivity contribution in [3.63, 3.8) is 0 Å². The largest absolute Gasteiger partial charge is 0.349 e. The molecule has 0 radical (unpaired) electrons. The summed E-state index contributed by atoms with van der Waals surface area (Å²) in [5.41, 5.74) is 0.499. The number of hydrogen-bond acceptors (Lipinski definition) is 2. The van der Waals surface area contributed by atoms with Gasteiger partial charge in [-0.15, -0.1) is 0 Å². The van der Waals surface area contributed by atoms with Crippen LogP contribution in [0.5, 0.6) is 0 Å². The first-order chi connectivity index (χ1) is 10.5. The quantitative estimate of drug-likeness (QED) is 0.909. The molecule has 2 amide bonds. The van der Waals surface area contributed by atoms with Gasteiger partial charge < -0.3 is 10.2 Å². The van der Waals surface area contributed by atoms with Crippen molar-refractivity contribution >= 4 is 35.0 Å². The maximum absolute atomic E-state index is 12.2. The molecule has 1 fully saturated rings. The van der Waals surface area contributed by atoms with Crippen LogP contribution in [0.3, 0.4) is 0 Å². The molecule has 0 aromatic heterocycles. The van der Waals surface area contributed by atoms with Crippen LogP contribution in [0.25, 0.3) is 0 Å². The summed E-state index contributed by atoms with van der Waals surface area (Å²) in [6.07, 6.45) is 3.03. The van der Waals surface area contributed by atoms with Crippen molar-refractivity contribution in [1.29, 1.82) is 0 Å². The minimum Gasteiger partial charge on any atom is -0.349 e. The van der Waals surface area contributed by atoms with Crippen molar-refractivity contribution < 1.29 is 9.59 Å². The molecule has 0 atom stereocenters. The van der Waals surface area contributed by atoms with E-state index in [1.54, 1.807) is 18.2 Å². The monoisotopic (exact) mass is 342 g/mol. The second kappa shape index (κ2) is 7.84. The lowest BCUT2D eigenvalue weighted by Gasteiger charge is -2.32. The number of amides is 2. The molecule has 1 heterocycles. The third kappa shape index (κ3) is 4.37. The second-order valence-electron chi connectivity index (χ2n) is 5.51. The number of likely N-dealkylation sites (tertiary alicyclic amines) is 1. The molecular weight excluding hydrogens is 323 g/mol. The summed E-state index contributed by atoms with van der Waals surface area (Å²) in [4.78, 5) is 25.9. The molecule has 22 heavy (non-hydrogen) atoms. The smallest absolute Gasteiger partial charge is 0.251 e. The van der Waals surface area contributed by atoms with E-state index in [9.17, 15) is 9.59 Å². The van der Waals surface area contributed by atoms with E-state index in [0.29, 0.717) is 35.1 Å². The molecule has 120 valence electrons. The van der Waals surface area contributed by atoms with E-state index < -0.39 is 0 Å². The van der Waals surface area contributed by atoms with Crippen LogP contribution in [0.15, 0.2) is 18.2 Å². The summed E-state index contributed by atoms with van der Waals surface area (Å²) in [6.45, 7) is 3.40. The van der Waals surface area contributed by atoms with Crippen molar-refractivity contribution in [3.8, 4) is 0 Å². The van der Waals surface area contributed by atoms with Crippen LogP contribution in [0.2, 0.25) is 10.0 Å². The molecule has 0 aliphatic carbocycles. The lowest BCUT2D eigenvalue weighted by Crippen LogP contribution is -2.46. The molecule has 4 nitrogen and oxygen atoms in total. The standard InChI is InChI=1S/C16H20Cl2N2O2/c1-2-3-15(21)20-8-6-12(7-9-20)19-16(22)11-4-5-13(17)14(18)10-11/h4-5,10,12H,2-3,6-9H2,1H3,(H,19,22). The van der Waals surface area contributed by atoms with E-state index in [-0.39, 0.29) is 17.9 Å². The van der Waals surface area contributed by atoms with Crippen molar-refractivity contribution in [3.05, 3.63) is 33.8 Å². The van der Waals surface area contributed by atoms with E-state index in [0.717, 1.165) is 19.3 Å². The van der Waals surface area contributed by atoms with E-state index in [1.165, 1.54) is 0 Å². The molecule has 1 aliphatic rings. The lowest BCUT2D eigenvalue weighted by atomic mass is 10.0. The number of piperidine rings is 1. The minimum absolute atomic E-state index is 0.0904. The Morgan fingerprint density at radius 3 is 2.50 bits per heavy atom. The number of nitrogens with one attached hydrogen (secondary N) is 1. The predicted molar refractivity (Wildman–Crippen MR) is 88.4 cm³/mol. The first-order valence-electron chi connectivity index (χ1n) is 7.55. The van der Waals surface area contributed by atoms with Crippen LogP contribution in [0, 0.1) is 0 Å². The number of benzene rings is 1. The zero-order chi connectivity index (χ0) is 16.1. The fourth-order valence-corrected chi connectivity index (χ4v) is 2.85. The summed E-state index contributed by atoms with van der Waals surface area (Å²) in [5, 5.41) is 3.80. The molecule has 6 heteroatoms. The molecular formula is C16H20Cl2N2O2. The number of hydrogen-bond donors (Lipinski definition) is 1. The van der Waals surface area contributed by atoms with Crippen LogP contribution < -0.4 is 5.32 Å². The highest BCUT2D eigenvalue weighted by Crippen LogP contribution is 2.22. The first kappa shape index (κ1) is 17.1. The summed E-state index contributed by atoms with van der Waals surface area (Å²) in [6, 6.07) is 4.93. The van der Waals surface area contributed by atoms with Crippen molar-refractivity contribution in [2.75, 3.05) is 13.1 Å². The molecule has 1 aliphatic heterocycles. The molecule has 1 aromatic rings. The summed E-state index contributed by atoms with van der Waals surface area (Å²) in [7, 11) is 0. The van der Waals surface area contributed by atoms with Gasteiger partial charge in [0.25, 0.3) is 5.91 Å². The fraction of sp³-hybridized carbons (Fsp3) is 0.500. The molecule has 0 spiro atoms. The molecule has 0 unspecified atom stereocenters. The van der Waals surface area contributed by atoms with E-state index in [4.69, 9.17) is 23.2 Å². The average Bonchev–Trinajstić information content (AvgIpc) is 2.51. The predicted octanol–water partition coefficient (Wildman–Crippen LogP) is 3.51. The fourth-order valence-electron chi connectivity index (χ4n) is 2.55. The normalized spacial score (nSPS) is 15.7. The van der Waals surface area contributed by atoms with Gasteiger partial charge >= 0.3 is 0 Å². The summed E-state index contributed by atoms with van der Waals surface area (Å²) in [5.74, 6) is 0.0497.